The minimum absolute atomic E-state index is 0.248. The minimum atomic E-state index is 0.248. The third-order valence-corrected chi connectivity index (χ3v) is 4.17. The van der Waals surface area contributed by atoms with E-state index in [1.165, 1.54) is 25.7 Å². The van der Waals surface area contributed by atoms with Gasteiger partial charge in [0.2, 0.25) is 5.91 Å². The zero-order valence-corrected chi connectivity index (χ0v) is 12.9. The average Bonchev–Trinajstić information content (AvgIpc) is 3.00. The van der Waals surface area contributed by atoms with Gasteiger partial charge in [0.25, 0.3) is 0 Å². The maximum atomic E-state index is 12.5. The molecule has 0 bridgehead atoms. The number of rotatable bonds is 7. The van der Waals surface area contributed by atoms with Crippen molar-refractivity contribution in [2.24, 2.45) is 5.92 Å². The van der Waals surface area contributed by atoms with Crippen LogP contribution in [0.2, 0.25) is 0 Å². The Labute approximate surface area is 127 Å². The number of hydrogen-bond acceptors (Lipinski definition) is 2. The molecule has 0 unspecified atom stereocenters. The number of carbonyl (C=O) groups is 1. The van der Waals surface area contributed by atoms with Crippen molar-refractivity contribution >= 4 is 5.91 Å². The van der Waals surface area contributed by atoms with E-state index in [0.29, 0.717) is 25.4 Å². The Bertz CT molecular complexity index is 461. The molecule has 1 fully saturated rings. The van der Waals surface area contributed by atoms with Gasteiger partial charge in [0.1, 0.15) is 5.75 Å². The highest BCUT2D eigenvalue weighted by Gasteiger charge is 2.21. The van der Waals surface area contributed by atoms with Crippen molar-refractivity contribution < 1.29 is 9.53 Å². The fraction of sp³-hybridized carbons (Fsp3) is 0.500. The third-order valence-electron chi connectivity index (χ3n) is 4.17. The molecule has 2 rings (SSSR count). The molecule has 0 N–H and O–H groups in total. The van der Waals surface area contributed by atoms with E-state index in [1.54, 1.807) is 13.2 Å². The van der Waals surface area contributed by atoms with Crippen molar-refractivity contribution in [1.29, 1.82) is 0 Å². The first-order valence-corrected chi connectivity index (χ1v) is 7.74. The highest BCUT2D eigenvalue weighted by atomic mass is 16.5. The van der Waals surface area contributed by atoms with Crippen molar-refractivity contribution in [3.05, 3.63) is 42.5 Å². The molecule has 0 atom stereocenters. The lowest BCUT2D eigenvalue weighted by Gasteiger charge is -2.23. The van der Waals surface area contributed by atoms with Gasteiger partial charge in [-0.2, -0.15) is 0 Å². The molecular weight excluding hydrogens is 262 g/mol. The van der Waals surface area contributed by atoms with E-state index in [9.17, 15) is 4.79 Å². The fourth-order valence-corrected chi connectivity index (χ4v) is 2.95. The number of benzene rings is 1. The normalized spacial score (nSPS) is 14.9. The van der Waals surface area contributed by atoms with Crippen molar-refractivity contribution in [2.75, 3.05) is 13.7 Å². The maximum Gasteiger partial charge on any atom is 0.223 e. The van der Waals surface area contributed by atoms with Crippen LogP contribution >= 0.6 is 0 Å². The lowest BCUT2D eigenvalue weighted by Crippen LogP contribution is -2.31. The predicted molar refractivity (Wildman–Crippen MR) is 85.2 cm³/mol. The number of ether oxygens (including phenoxy) is 1. The van der Waals surface area contributed by atoms with Crippen LogP contribution in [-0.4, -0.2) is 24.5 Å². The smallest absolute Gasteiger partial charge is 0.223 e. The van der Waals surface area contributed by atoms with Crippen molar-refractivity contribution in [3.63, 3.8) is 0 Å². The maximum absolute atomic E-state index is 12.5. The second-order valence-electron chi connectivity index (χ2n) is 5.77. The molecular formula is C18H25NO2. The van der Waals surface area contributed by atoms with Crippen LogP contribution in [0.15, 0.2) is 36.9 Å². The molecule has 1 aromatic rings. The summed E-state index contributed by atoms with van der Waals surface area (Å²) in [6.07, 6.45) is 7.45. The van der Waals surface area contributed by atoms with E-state index in [0.717, 1.165) is 11.3 Å². The predicted octanol–water partition coefficient (Wildman–Crippen LogP) is 3.79. The average molecular weight is 287 g/mol. The quantitative estimate of drug-likeness (QED) is 0.714. The van der Waals surface area contributed by atoms with Gasteiger partial charge in [-0.15, -0.1) is 6.58 Å². The number of methoxy groups -OCH3 is 1. The van der Waals surface area contributed by atoms with Gasteiger partial charge in [-0.1, -0.05) is 31.1 Å². The van der Waals surface area contributed by atoms with E-state index in [1.807, 2.05) is 29.2 Å². The summed E-state index contributed by atoms with van der Waals surface area (Å²) in [6, 6.07) is 7.89. The second-order valence-corrected chi connectivity index (χ2v) is 5.77. The van der Waals surface area contributed by atoms with Gasteiger partial charge >= 0.3 is 0 Å². The van der Waals surface area contributed by atoms with Crippen LogP contribution in [0.3, 0.4) is 0 Å². The van der Waals surface area contributed by atoms with Gasteiger partial charge in [0, 0.05) is 19.5 Å². The second kappa shape index (κ2) is 7.87. The van der Waals surface area contributed by atoms with Crippen molar-refractivity contribution in [2.45, 2.75) is 38.6 Å². The summed E-state index contributed by atoms with van der Waals surface area (Å²) >= 11 is 0. The molecule has 1 amide bonds. The SMILES string of the molecule is C=CCN(Cc1ccc(OC)cc1)C(=O)CC1CCCC1. The third kappa shape index (κ3) is 4.62. The van der Waals surface area contributed by atoms with E-state index in [4.69, 9.17) is 4.74 Å². The van der Waals surface area contributed by atoms with Gasteiger partial charge in [-0.25, -0.2) is 0 Å². The van der Waals surface area contributed by atoms with Gasteiger partial charge < -0.3 is 9.64 Å². The molecule has 0 aromatic heterocycles. The highest BCUT2D eigenvalue weighted by molar-refractivity contribution is 5.76. The van der Waals surface area contributed by atoms with Crippen LogP contribution in [0, 0.1) is 5.92 Å². The van der Waals surface area contributed by atoms with Crippen LogP contribution in [0.4, 0.5) is 0 Å². The lowest BCUT2D eigenvalue weighted by atomic mass is 10.0. The van der Waals surface area contributed by atoms with Crippen LogP contribution in [0.25, 0.3) is 0 Å². The first kappa shape index (κ1) is 15.6. The summed E-state index contributed by atoms with van der Waals surface area (Å²) in [4.78, 5) is 14.4. The number of nitrogens with zero attached hydrogens (tertiary/aromatic N) is 1. The zero-order chi connectivity index (χ0) is 15.1. The molecule has 114 valence electrons. The van der Waals surface area contributed by atoms with Crippen molar-refractivity contribution in [1.82, 2.24) is 4.90 Å². The van der Waals surface area contributed by atoms with Crippen LogP contribution in [-0.2, 0) is 11.3 Å². The topological polar surface area (TPSA) is 29.5 Å². The molecule has 1 aromatic carbocycles. The van der Waals surface area contributed by atoms with Crippen LogP contribution in [0.1, 0.15) is 37.7 Å². The molecule has 0 radical (unpaired) electrons. The summed E-state index contributed by atoms with van der Waals surface area (Å²) < 4.78 is 5.16. The summed E-state index contributed by atoms with van der Waals surface area (Å²) in [6.45, 7) is 5.02. The summed E-state index contributed by atoms with van der Waals surface area (Å²) in [7, 11) is 1.66. The molecule has 0 spiro atoms. The first-order chi connectivity index (χ1) is 10.2. The fourth-order valence-electron chi connectivity index (χ4n) is 2.95. The molecule has 1 aliphatic rings. The first-order valence-electron chi connectivity index (χ1n) is 7.74. The van der Waals surface area contributed by atoms with E-state index < -0.39 is 0 Å². The number of amides is 1. The van der Waals surface area contributed by atoms with Gasteiger partial charge in [0.15, 0.2) is 0 Å². The van der Waals surface area contributed by atoms with Crippen molar-refractivity contribution in [3.8, 4) is 5.75 Å². The Hall–Kier alpha value is -1.77. The van der Waals surface area contributed by atoms with Crippen LogP contribution < -0.4 is 4.74 Å². The lowest BCUT2D eigenvalue weighted by molar-refractivity contribution is -0.132. The Morgan fingerprint density at radius 1 is 1.33 bits per heavy atom. The van der Waals surface area contributed by atoms with Gasteiger partial charge in [0.05, 0.1) is 7.11 Å². The highest BCUT2D eigenvalue weighted by Crippen LogP contribution is 2.28. The Kier molecular flexibility index (Phi) is 5.85. The molecule has 0 heterocycles. The van der Waals surface area contributed by atoms with Gasteiger partial charge in [-0.3, -0.25) is 4.79 Å². The van der Waals surface area contributed by atoms with E-state index in [-0.39, 0.29) is 5.91 Å². The van der Waals surface area contributed by atoms with E-state index in [2.05, 4.69) is 6.58 Å². The molecule has 0 aliphatic heterocycles. The number of carbonyl (C=O) groups excluding carboxylic acids is 1. The standard InChI is InChI=1S/C18H25NO2/c1-3-12-19(18(20)13-15-6-4-5-7-15)14-16-8-10-17(21-2)11-9-16/h3,8-11,15H,1,4-7,12-14H2,2H3. The molecule has 1 saturated carbocycles. The molecule has 0 saturated heterocycles. The molecule has 21 heavy (non-hydrogen) atoms. The Morgan fingerprint density at radius 2 is 2.00 bits per heavy atom. The zero-order valence-electron chi connectivity index (χ0n) is 12.9. The Morgan fingerprint density at radius 3 is 2.57 bits per heavy atom. The Balaban J connectivity index is 1.96. The molecule has 3 nitrogen and oxygen atoms in total. The summed E-state index contributed by atoms with van der Waals surface area (Å²) in [5, 5.41) is 0. The van der Waals surface area contributed by atoms with Gasteiger partial charge in [-0.05, 0) is 36.5 Å². The molecule has 3 heteroatoms. The summed E-state index contributed by atoms with van der Waals surface area (Å²) in [5.74, 6) is 1.67. The van der Waals surface area contributed by atoms with Crippen LogP contribution in [0.5, 0.6) is 5.75 Å². The molecule has 1 aliphatic carbocycles. The summed E-state index contributed by atoms with van der Waals surface area (Å²) in [5.41, 5.74) is 1.12. The largest absolute Gasteiger partial charge is 0.497 e. The monoisotopic (exact) mass is 287 g/mol. The number of hydrogen-bond donors (Lipinski definition) is 0. The minimum Gasteiger partial charge on any atom is -0.497 e. The van der Waals surface area contributed by atoms with E-state index >= 15 is 0 Å².